The number of hydrogen-bond acceptors (Lipinski definition) is 6. The number of nitrogens with zero attached hydrogens (tertiary/aromatic N) is 8. The van der Waals surface area contributed by atoms with Crippen LogP contribution in [0.2, 0.25) is 0 Å². The highest BCUT2D eigenvalue weighted by Gasteiger charge is 2.24. The molecule has 4 heterocycles. The second kappa shape index (κ2) is 24.4. The van der Waals surface area contributed by atoms with Crippen molar-refractivity contribution < 1.29 is 0 Å². The first-order valence-electron chi connectivity index (χ1n) is 34.0. The second-order valence-electron chi connectivity index (χ2n) is 25.6. The zero-order chi connectivity index (χ0) is 66.0. The van der Waals surface area contributed by atoms with Gasteiger partial charge in [0.2, 0.25) is 0 Å². The van der Waals surface area contributed by atoms with E-state index in [1.54, 1.807) is 0 Å². The van der Waals surface area contributed by atoms with Crippen LogP contribution in [0.25, 0.3) is 185 Å². The number of benzene rings is 14. The molecule has 14 aromatic carbocycles. The van der Waals surface area contributed by atoms with Gasteiger partial charge < -0.3 is 9.13 Å². The molecular formula is C92H60N8. The van der Waals surface area contributed by atoms with Gasteiger partial charge in [0, 0.05) is 66.0 Å². The van der Waals surface area contributed by atoms with Gasteiger partial charge in [-0.05, 0) is 128 Å². The number of rotatable bonds is 12. The van der Waals surface area contributed by atoms with Crippen LogP contribution in [0.3, 0.4) is 0 Å². The van der Waals surface area contributed by atoms with Crippen LogP contribution in [0.4, 0.5) is 0 Å². The highest BCUT2D eigenvalue weighted by molar-refractivity contribution is 6.12. The summed E-state index contributed by atoms with van der Waals surface area (Å²) in [5.74, 6) is 3.67. The van der Waals surface area contributed by atoms with Gasteiger partial charge in [-0.25, -0.2) is 29.9 Å². The molecule has 0 fully saturated rings. The molecule has 19 rings (SSSR count). The molecule has 0 bridgehead atoms. The van der Waals surface area contributed by atoms with Crippen molar-refractivity contribution in [2.24, 2.45) is 0 Å². The summed E-state index contributed by atoms with van der Waals surface area (Å²) in [6.07, 6.45) is 6.65. The standard InChI is InChI=1S/C92H60N8/c1-3-20-59(21-4-1)60-42-48-66(49-43-60)89-94-90(98-92(97-89)80-55-57-86(74-29-10-8-27-72(74)80)100-83-36-17-13-32-77(83)78-33-14-18-37-84(78)100)67-50-44-62(45-51-67)61-38-40-63(41-39-61)69-24-19-25-70(58-69)64-46-52-68(53-47-64)88-93-87(65-22-5-2-6-23-65)95-91(96-88)79-54-56-85(73-28-9-7-26-71(73)79)99-81-34-15-11-30-75(81)76-31-12-16-35-82(76)99/h1-13,15-32,34-58H,14,33H2. The van der Waals surface area contributed by atoms with Crippen molar-refractivity contribution in [2.45, 2.75) is 12.8 Å². The Morgan fingerprint density at radius 2 is 0.530 bits per heavy atom. The van der Waals surface area contributed by atoms with E-state index >= 15 is 0 Å². The maximum Gasteiger partial charge on any atom is 0.164 e. The number of para-hydroxylation sites is 3. The number of fused-ring (bicyclic) bond motifs is 8. The zero-order valence-corrected chi connectivity index (χ0v) is 54.3. The largest absolute Gasteiger partial charge is 0.309 e. The van der Waals surface area contributed by atoms with Crippen LogP contribution in [0.15, 0.2) is 334 Å². The maximum atomic E-state index is 5.33. The van der Waals surface area contributed by atoms with Crippen LogP contribution in [0.5, 0.6) is 0 Å². The SMILES string of the molecule is C1=Cc2c(c3ccccc3n2-c2ccc(-c3nc(-c4ccc(-c5ccccc5)cc4)nc(-c4ccc(-c5ccc(-c6cccc(-c7ccc(-c8nc(-c9ccccc9)nc(-c9ccc(-n%10c%11ccccc%11c%11ccccc%11%10)c%10ccccc9%10)n8)cc7)c6)cc5)cc4)n3)c3ccccc23)CC1. The first-order valence-corrected chi connectivity index (χ1v) is 34.0. The Morgan fingerprint density at radius 3 is 0.980 bits per heavy atom. The summed E-state index contributed by atoms with van der Waals surface area (Å²) >= 11 is 0. The van der Waals surface area contributed by atoms with Gasteiger partial charge in [0.25, 0.3) is 0 Å². The topological polar surface area (TPSA) is 87.2 Å². The summed E-state index contributed by atoms with van der Waals surface area (Å²) in [7, 11) is 0. The Kier molecular flexibility index (Phi) is 14.2. The van der Waals surface area contributed by atoms with Crippen LogP contribution in [-0.4, -0.2) is 39.0 Å². The molecule has 0 N–H and O–H groups in total. The quantitative estimate of drug-likeness (QED) is 0.121. The molecule has 0 amide bonds. The Labute approximate surface area is 577 Å². The lowest BCUT2D eigenvalue weighted by Gasteiger charge is -2.17. The van der Waals surface area contributed by atoms with Gasteiger partial charge in [-0.15, -0.1) is 0 Å². The minimum absolute atomic E-state index is 0.604. The Morgan fingerprint density at radius 1 is 0.220 bits per heavy atom. The Hall–Kier alpha value is -13.3. The minimum Gasteiger partial charge on any atom is -0.309 e. The summed E-state index contributed by atoms with van der Waals surface area (Å²) in [5, 5.41) is 8.12. The number of aromatic nitrogens is 8. The molecule has 0 spiro atoms. The molecule has 468 valence electrons. The highest BCUT2D eigenvalue weighted by atomic mass is 15.1. The lowest BCUT2D eigenvalue weighted by molar-refractivity contribution is 0.969. The smallest absolute Gasteiger partial charge is 0.164 e. The molecule has 1 aliphatic carbocycles. The van der Waals surface area contributed by atoms with E-state index in [0.717, 1.165) is 135 Å². The molecule has 0 atom stereocenters. The molecule has 18 aromatic rings. The molecule has 4 aromatic heterocycles. The van der Waals surface area contributed by atoms with Gasteiger partial charge in [0.05, 0.1) is 27.9 Å². The van der Waals surface area contributed by atoms with Crippen molar-refractivity contribution in [2.75, 3.05) is 0 Å². The fourth-order valence-electron chi connectivity index (χ4n) is 14.9. The summed E-state index contributed by atoms with van der Waals surface area (Å²) in [4.78, 5) is 31.5. The summed E-state index contributed by atoms with van der Waals surface area (Å²) < 4.78 is 4.82. The second-order valence-corrected chi connectivity index (χ2v) is 25.6. The first-order chi connectivity index (χ1) is 49.6. The van der Waals surface area contributed by atoms with Crippen molar-refractivity contribution in [1.82, 2.24) is 39.0 Å². The average Bonchev–Trinajstić information content (AvgIpc) is 1.52. The summed E-state index contributed by atoms with van der Waals surface area (Å²) in [6, 6.07) is 116. The number of aryl methyl sites for hydroxylation is 1. The fraction of sp³-hybridized carbons (Fsp3) is 0.0217. The van der Waals surface area contributed by atoms with Crippen molar-refractivity contribution in [1.29, 1.82) is 0 Å². The summed E-state index contributed by atoms with van der Waals surface area (Å²) in [6.45, 7) is 0. The molecule has 100 heavy (non-hydrogen) atoms. The Balaban J connectivity index is 0.616. The van der Waals surface area contributed by atoms with Crippen LogP contribution in [-0.2, 0) is 6.42 Å². The van der Waals surface area contributed by atoms with Gasteiger partial charge in [-0.3, -0.25) is 0 Å². The van der Waals surface area contributed by atoms with E-state index in [2.05, 4.69) is 325 Å². The third-order valence-electron chi connectivity index (χ3n) is 19.8. The molecule has 0 radical (unpaired) electrons. The van der Waals surface area contributed by atoms with Gasteiger partial charge in [0.1, 0.15) is 0 Å². The number of allylic oxidation sites excluding steroid dienone is 1. The molecule has 0 saturated carbocycles. The van der Waals surface area contributed by atoms with E-state index in [4.69, 9.17) is 29.9 Å². The predicted molar refractivity (Wildman–Crippen MR) is 411 cm³/mol. The molecule has 0 saturated heterocycles. The van der Waals surface area contributed by atoms with E-state index in [9.17, 15) is 0 Å². The van der Waals surface area contributed by atoms with Crippen LogP contribution in [0, 0.1) is 0 Å². The molecule has 0 unspecified atom stereocenters. The van der Waals surface area contributed by atoms with Gasteiger partial charge in [-0.1, -0.05) is 285 Å². The van der Waals surface area contributed by atoms with E-state index < -0.39 is 0 Å². The van der Waals surface area contributed by atoms with Gasteiger partial charge in [-0.2, -0.15) is 0 Å². The van der Waals surface area contributed by atoms with Crippen molar-refractivity contribution in [3.63, 3.8) is 0 Å². The first kappa shape index (κ1) is 58.1. The van der Waals surface area contributed by atoms with E-state index in [1.165, 1.54) is 32.9 Å². The molecule has 1 aliphatic rings. The molecule has 0 aliphatic heterocycles. The number of hydrogen-bond donors (Lipinski definition) is 0. The molecular weight excluding hydrogens is 1220 g/mol. The highest BCUT2D eigenvalue weighted by Crippen LogP contribution is 2.42. The maximum absolute atomic E-state index is 5.33. The predicted octanol–water partition coefficient (Wildman–Crippen LogP) is 23.0. The van der Waals surface area contributed by atoms with Crippen molar-refractivity contribution in [3.05, 3.63) is 345 Å². The molecule has 8 heteroatoms. The van der Waals surface area contributed by atoms with Crippen molar-refractivity contribution >= 4 is 60.3 Å². The van der Waals surface area contributed by atoms with Crippen LogP contribution < -0.4 is 0 Å². The third kappa shape index (κ3) is 10.2. The Bertz CT molecular complexity index is 6180. The van der Waals surface area contributed by atoms with Crippen LogP contribution in [0.1, 0.15) is 17.7 Å². The minimum atomic E-state index is 0.604. The fourth-order valence-corrected chi connectivity index (χ4v) is 14.9. The van der Waals surface area contributed by atoms with E-state index in [0.29, 0.717) is 34.9 Å². The third-order valence-corrected chi connectivity index (χ3v) is 19.8. The normalized spacial score (nSPS) is 12.1. The summed E-state index contributed by atoms with van der Waals surface area (Å²) in [5.41, 5.74) is 22.9. The van der Waals surface area contributed by atoms with E-state index in [1.807, 2.05) is 24.3 Å². The zero-order valence-electron chi connectivity index (χ0n) is 54.3. The van der Waals surface area contributed by atoms with Crippen molar-refractivity contribution in [3.8, 4) is 124 Å². The lowest BCUT2D eigenvalue weighted by Crippen LogP contribution is -2.03. The van der Waals surface area contributed by atoms with Gasteiger partial charge in [0.15, 0.2) is 34.9 Å². The van der Waals surface area contributed by atoms with Gasteiger partial charge >= 0.3 is 0 Å². The molecule has 8 nitrogen and oxygen atoms in total. The van der Waals surface area contributed by atoms with E-state index in [-0.39, 0.29) is 0 Å². The average molecular weight is 1280 g/mol. The lowest BCUT2D eigenvalue weighted by atomic mass is 9.96. The monoisotopic (exact) mass is 1280 g/mol. The van der Waals surface area contributed by atoms with Crippen LogP contribution >= 0.6 is 0 Å².